The number of amides is 1. The quantitative estimate of drug-likeness (QED) is 0.611. The third kappa shape index (κ3) is 3.68. The zero-order valence-electron chi connectivity index (χ0n) is 14.7. The van der Waals surface area contributed by atoms with E-state index in [4.69, 9.17) is 5.73 Å². The number of rotatable bonds is 5. The Balaban J connectivity index is 1.81. The Labute approximate surface area is 150 Å². The van der Waals surface area contributed by atoms with E-state index in [0.717, 1.165) is 19.0 Å². The van der Waals surface area contributed by atoms with Gasteiger partial charge in [-0.15, -0.1) is 0 Å². The van der Waals surface area contributed by atoms with Crippen molar-refractivity contribution in [3.63, 3.8) is 0 Å². The molecule has 2 unspecified atom stereocenters. The van der Waals surface area contributed by atoms with Crippen LogP contribution in [0.4, 0.5) is 21.8 Å². The maximum Gasteiger partial charge on any atom is 0.229 e. The summed E-state index contributed by atoms with van der Waals surface area (Å²) < 4.78 is 14.1. The van der Waals surface area contributed by atoms with Gasteiger partial charge < -0.3 is 21.5 Å². The number of carbonyl (C=O) groups is 1. The van der Waals surface area contributed by atoms with Crippen molar-refractivity contribution in [3.8, 4) is 5.75 Å². The molecule has 1 heterocycles. The third-order valence-electron chi connectivity index (χ3n) is 4.69. The molecule has 1 aliphatic rings. The fraction of sp³-hybridized carbons (Fsp3) is 0.389. The number of anilines is 3. The fourth-order valence-corrected chi connectivity index (χ4v) is 3.33. The van der Waals surface area contributed by atoms with Gasteiger partial charge in [0, 0.05) is 11.7 Å². The molecule has 0 bridgehead atoms. The Kier molecular flexibility index (Phi) is 4.92. The van der Waals surface area contributed by atoms with Crippen molar-refractivity contribution in [1.82, 2.24) is 9.97 Å². The summed E-state index contributed by atoms with van der Waals surface area (Å²) in [5.74, 6) is -0.827. The van der Waals surface area contributed by atoms with Crippen molar-refractivity contribution >= 4 is 23.4 Å². The van der Waals surface area contributed by atoms with Crippen LogP contribution in [0.25, 0.3) is 0 Å². The lowest BCUT2D eigenvalue weighted by atomic mass is 10.0. The summed E-state index contributed by atoms with van der Waals surface area (Å²) in [5, 5.41) is 15.8. The van der Waals surface area contributed by atoms with Gasteiger partial charge in [-0.1, -0.05) is 6.42 Å². The van der Waals surface area contributed by atoms with Gasteiger partial charge in [0.1, 0.15) is 5.75 Å². The second-order valence-corrected chi connectivity index (χ2v) is 6.66. The van der Waals surface area contributed by atoms with E-state index in [1.165, 1.54) is 0 Å². The molecule has 1 saturated carbocycles. The molecular weight excluding hydrogens is 337 g/mol. The largest absolute Gasteiger partial charge is 0.507 e. The number of aryl methyl sites for hydroxylation is 2. The van der Waals surface area contributed by atoms with Crippen molar-refractivity contribution < 1.29 is 14.3 Å². The molecule has 0 saturated heterocycles. The van der Waals surface area contributed by atoms with Gasteiger partial charge in [0.2, 0.25) is 11.9 Å². The highest BCUT2D eigenvalue weighted by Gasteiger charge is 2.32. The lowest BCUT2D eigenvalue weighted by molar-refractivity contribution is -0.121. The summed E-state index contributed by atoms with van der Waals surface area (Å²) >= 11 is 0. The van der Waals surface area contributed by atoms with Crippen molar-refractivity contribution in [3.05, 3.63) is 35.3 Å². The number of halogens is 1. The minimum absolute atomic E-state index is 0.0351. The van der Waals surface area contributed by atoms with Gasteiger partial charge in [-0.05, 0) is 49.9 Å². The molecule has 3 rings (SSSR count). The molecule has 1 fully saturated rings. The summed E-state index contributed by atoms with van der Waals surface area (Å²) in [6, 6.07) is 3.27. The number of aromatic hydroxyl groups is 1. The number of phenols is 1. The number of carbonyl (C=O) groups excluding carboxylic acids is 1. The summed E-state index contributed by atoms with van der Waals surface area (Å²) in [6.45, 7) is 3.58. The number of phenolic OH excluding ortho intramolecular Hbond substituents is 1. The Morgan fingerprint density at radius 1 is 1.31 bits per heavy atom. The number of aromatic nitrogens is 2. The Morgan fingerprint density at radius 2 is 2.00 bits per heavy atom. The summed E-state index contributed by atoms with van der Waals surface area (Å²) in [5.41, 5.74) is 7.52. The Morgan fingerprint density at radius 3 is 2.65 bits per heavy atom. The van der Waals surface area contributed by atoms with Gasteiger partial charge in [-0.25, -0.2) is 9.37 Å². The monoisotopic (exact) mass is 359 g/mol. The molecule has 5 N–H and O–H groups in total. The van der Waals surface area contributed by atoms with Gasteiger partial charge in [0.15, 0.2) is 11.6 Å². The topological polar surface area (TPSA) is 113 Å². The molecular formula is C18H22FN5O2. The van der Waals surface area contributed by atoms with E-state index in [0.29, 0.717) is 23.2 Å². The van der Waals surface area contributed by atoms with Crippen LogP contribution in [0.15, 0.2) is 18.3 Å². The van der Waals surface area contributed by atoms with Crippen LogP contribution >= 0.6 is 0 Å². The summed E-state index contributed by atoms with van der Waals surface area (Å²) in [6.07, 6.45) is 3.36. The highest BCUT2D eigenvalue weighted by molar-refractivity contribution is 5.78. The molecule has 0 aliphatic heterocycles. The van der Waals surface area contributed by atoms with Crippen LogP contribution in [-0.2, 0) is 4.79 Å². The standard InChI is InChI=1S/C18H22FN5O2/c1-9-6-11(7-10(2)15(9)25)22-18-21-8-13(19)17(24-18)23-14-5-3-4-12(14)16(20)26/h6-8,12,14,25H,3-5H2,1-2H3,(H2,20,26)(H2,21,22,23,24). The Hall–Kier alpha value is -2.90. The summed E-state index contributed by atoms with van der Waals surface area (Å²) in [4.78, 5) is 19.6. The van der Waals surface area contributed by atoms with Crippen LogP contribution in [0.5, 0.6) is 5.75 Å². The van der Waals surface area contributed by atoms with Gasteiger partial charge in [0.05, 0.1) is 12.1 Å². The molecule has 138 valence electrons. The first-order valence-corrected chi connectivity index (χ1v) is 8.50. The molecule has 1 aromatic carbocycles. The van der Waals surface area contributed by atoms with Crippen molar-refractivity contribution in [1.29, 1.82) is 0 Å². The van der Waals surface area contributed by atoms with E-state index >= 15 is 0 Å². The second kappa shape index (κ2) is 7.15. The number of primary amides is 1. The van der Waals surface area contributed by atoms with E-state index in [9.17, 15) is 14.3 Å². The van der Waals surface area contributed by atoms with Gasteiger partial charge >= 0.3 is 0 Å². The predicted octanol–water partition coefficient (Wildman–Crippen LogP) is 2.75. The predicted molar refractivity (Wildman–Crippen MR) is 96.8 cm³/mol. The minimum Gasteiger partial charge on any atom is -0.507 e. The number of nitrogens with zero attached hydrogens (tertiary/aromatic N) is 2. The normalized spacial score (nSPS) is 19.3. The fourth-order valence-electron chi connectivity index (χ4n) is 3.33. The van der Waals surface area contributed by atoms with Crippen LogP contribution in [0.2, 0.25) is 0 Å². The molecule has 2 atom stereocenters. The first kappa shape index (κ1) is 17.9. The number of hydrogen-bond acceptors (Lipinski definition) is 6. The molecule has 8 heteroatoms. The molecule has 0 radical (unpaired) electrons. The highest BCUT2D eigenvalue weighted by atomic mass is 19.1. The third-order valence-corrected chi connectivity index (χ3v) is 4.69. The number of nitrogens with two attached hydrogens (primary N) is 1. The molecule has 1 amide bonds. The molecule has 1 aliphatic carbocycles. The van der Waals surface area contributed by atoms with Crippen molar-refractivity contribution in [2.45, 2.75) is 39.2 Å². The zero-order chi connectivity index (χ0) is 18.8. The van der Waals surface area contributed by atoms with Crippen LogP contribution in [0, 0.1) is 25.6 Å². The Bertz CT molecular complexity index is 819. The average Bonchev–Trinajstić information content (AvgIpc) is 3.04. The maximum atomic E-state index is 14.1. The van der Waals surface area contributed by atoms with E-state index in [-0.39, 0.29) is 35.4 Å². The van der Waals surface area contributed by atoms with Crippen LogP contribution in [0.3, 0.4) is 0 Å². The van der Waals surface area contributed by atoms with Crippen LogP contribution in [0.1, 0.15) is 30.4 Å². The zero-order valence-corrected chi connectivity index (χ0v) is 14.7. The second-order valence-electron chi connectivity index (χ2n) is 6.66. The van der Waals surface area contributed by atoms with Crippen LogP contribution < -0.4 is 16.4 Å². The number of hydrogen-bond donors (Lipinski definition) is 4. The van der Waals surface area contributed by atoms with E-state index in [1.54, 1.807) is 26.0 Å². The average molecular weight is 359 g/mol. The maximum absolute atomic E-state index is 14.1. The lowest BCUT2D eigenvalue weighted by Crippen LogP contribution is -2.34. The van der Waals surface area contributed by atoms with Gasteiger partial charge in [-0.3, -0.25) is 4.79 Å². The molecule has 26 heavy (non-hydrogen) atoms. The first-order chi connectivity index (χ1) is 12.3. The smallest absolute Gasteiger partial charge is 0.229 e. The van der Waals surface area contributed by atoms with E-state index < -0.39 is 5.82 Å². The summed E-state index contributed by atoms with van der Waals surface area (Å²) in [7, 11) is 0. The number of benzene rings is 1. The minimum atomic E-state index is -0.594. The number of nitrogens with one attached hydrogen (secondary N) is 2. The SMILES string of the molecule is Cc1cc(Nc2ncc(F)c(NC3CCCC3C(N)=O)n2)cc(C)c1O. The molecule has 0 spiro atoms. The van der Waals surface area contributed by atoms with Crippen molar-refractivity contribution in [2.24, 2.45) is 11.7 Å². The van der Waals surface area contributed by atoms with Gasteiger partial charge in [-0.2, -0.15) is 4.98 Å². The van der Waals surface area contributed by atoms with Crippen molar-refractivity contribution in [2.75, 3.05) is 10.6 Å². The first-order valence-electron chi connectivity index (χ1n) is 8.50. The van der Waals surface area contributed by atoms with E-state index in [1.807, 2.05) is 0 Å². The highest BCUT2D eigenvalue weighted by Crippen LogP contribution is 2.30. The molecule has 7 nitrogen and oxygen atoms in total. The lowest BCUT2D eigenvalue weighted by Gasteiger charge is -2.19. The molecule has 2 aromatic rings. The molecule has 1 aromatic heterocycles. The van der Waals surface area contributed by atoms with Crippen LogP contribution in [-0.4, -0.2) is 27.0 Å². The van der Waals surface area contributed by atoms with E-state index in [2.05, 4.69) is 20.6 Å². The van der Waals surface area contributed by atoms with Gasteiger partial charge in [0.25, 0.3) is 0 Å².